The predicted molar refractivity (Wildman–Crippen MR) is 115 cm³/mol. The van der Waals surface area contributed by atoms with E-state index in [1.807, 2.05) is 0 Å². The second kappa shape index (κ2) is 7.57. The lowest BCUT2D eigenvalue weighted by atomic mass is 10.2. The average molecular weight is 425 g/mol. The lowest BCUT2D eigenvalue weighted by molar-refractivity contribution is 0.101. The second-order valence-corrected chi connectivity index (χ2v) is 7.03. The predicted octanol–water partition coefficient (Wildman–Crippen LogP) is 2.83. The normalized spacial score (nSPS) is 10.9. The number of aryl methyl sites for hydroxylation is 1. The number of benzene rings is 2. The summed E-state index contributed by atoms with van der Waals surface area (Å²) in [7, 11) is 1.53. The highest BCUT2D eigenvalue weighted by Gasteiger charge is 2.17. The molecule has 30 heavy (non-hydrogen) atoms. The summed E-state index contributed by atoms with van der Waals surface area (Å²) in [5, 5.41) is 3.76. The van der Waals surface area contributed by atoms with E-state index in [9.17, 15) is 14.4 Å². The van der Waals surface area contributed by atoms with Gasteiger partial charge in [0.25, 0.3) is 17.0 Å². The number of aromatic nitrogens is 3. The Morgan fingerprint density at radius 2 is 1.73 bits per heavy atom. The van der Waals surface area contributed by atoms with Crippen molar-refractivity contribution in [2.45, 2.75) is 6.92 Å². The SMILES string of the molecule is COc1ccc(C(=O)Nn2c(C)c3c(=O)n(-c4ccc(Cl)cc4)[nH]c3cc2=O)cc1. The van der Waals surface area contributed by atoms with Crippen LogP contribution < -0.4 is 21.3 Å². The number of nitrogens with zero attached hydrogens (tertiary/aromatic N) is 2. The van der Waals surface area contributed by atoms with Gasteiger partial charge in [-0.2, -0.15) is 0 Å². The third-order valence-electron chi connectivity index (χ3n) is 4.75. The molecular weight excluding hydrogens is 408 g/mol. The van der Waals surface area contributed by atoms with Gasteiger partial charge < -0.3 is 4.74 Å². The van der Waals surface area contributed by atoms with Crippen LogP contribution in [0.15, 0.2) is 64.2 Å². The molecule has 4 rings (SSSR count). The number of ether oxygens (including phenoxy) is 1. The van der Waals surface area contributed by atoms with Crippen molar-refractivity contribution in [3.8, 4) is 11.4 Å². The van der Waals surface area contributed by atoms with Crippen LogP contribution >= 0.6 is 11.6 Å². The molecule has 0 radical (unpaired) electrons. The van der Waals surface area contributed by atoms with Crippen LogP contribution in [0.2, 0.25) is 5.02 Å². The maximum atomic E-state index is 13.0. The van der Waals surface area contributed by atoms with E-state index in [2.05, 4.69) is 10.5 Å². The number of pyridine rings is 1. The van der Waals surface area contributed by atoms with Gasteiger partial charge in [0.05, 0.1) is 29.4 Å². The Bertz CT molecular complexity index is 1370. The first-order valence-corrected chi connectivity index (χ1v) is 9.35. The minimum Gasteiger partial charge on any atom is -0.497 e. The standard InChI is InChI=1S/C21H17ClN4O4/c1-12-19-17(23-26(21(19)29)15-7-5-14(22)6-8-15)11-18(27)25(12)24-20(28)13-3-9-16(30-2)10-4-13/h3-11,23H,1-2H3,(H,24,28). The van der Waals surface area contributed by atoms with E-state index in [0.29, 0.717) is 38.6 Å². The minimum atomic E-state index is -0.490. The zero-order valence-corrected chi connectivity index (χ0v) is 16.9. The molecule has 0 aliphatic heterocycles. The molecule has 0 fully saturated rings. The van der Waals surface area contributed by atoms with Gasteiger partial charge in [-0.25, -0.2) is 9.36 Å². The number of hydrogen-bond donors (Lipinski definition) is 2. The summed E-state index contributed by atoms with van der Waals surface area (Å²) in [6, 6.07) is 14.4. The summed E-state index contributed by atoms with van der Waals surface area (Å²) < 4.78 is 7.47. The average Bonchev–Trinajstić information content (AvgIpc) is 3.07. The van der Waals surface area contributed by atoms with Crippen molar-refractivity contribution in [1.82, 2.24) is 14.5 Å². The second-order valence-electron chi connectivity index (χ2n) is 6.59. The molecule has 0 unspecified atom stereocenters. The summed E-state index contributed by atoms with van der Waals surface area (Å²) in [6.07, 6.45) is 0. The highest BCUT2D eigenvalue weighted by molar-refractivity contribution is 6.30. The first-order chi connectivity index (χ1) is 14.4. The van der Waals surface area contributed by atoms with Gasteiger partial charge in [-0.3, -0.25) is 24.9 Å². The van der Waals surface area contributed by atoms with E-state index < -0.39 is 11.5 Å². The number of H-pyrrole nitrogens is 1. The number of nitrogens with one attached hydrogen (secondary N) is 2. The van der Waals surface area contributed by atoms with E-state index in [4.69, 9.17) is 16.3 Å². The van der Waals surface area contributed by atoms with Crippen LogP contribution in [0.4, 0.5) is 0 Å². The number of fused-ring (bicyclic) bond motifs is 1. The summed E-state index contributed by atoms with van der Waals surface area (Å²) in [6.45, 7) is 1.60. The Hall–Kier alpha value is -3.78. The molecule has 8 nitrogen and oxygen atoms in total. The molecule has 0 bridgehead atoms. The van der Waals surface area contributed by atoms with Crippen LogP contribution in [0, 0.1) is 6.92 Å². The molecule has 152 valence electrons. The van der Waals surface area contributed by atoms with Crippen LogP contribution in [0.1, 0.15) is 16.1 Å². The third kappa shape index (κ3) is 3.37. The van der Waals surface area contributed by atoms with Crippen molar-refractivity contribution >= 4 is 28.4 Å². The van der Waals surface area contributed by atoms with Gasteiger partial charge in [0, 0.05) is 16.7 Å². The lowest BCUT2D eigenvalue weighted by Gasteiger charge is -2.12. The molecule has 2 heterocycles. The smallest absolute Gasteiger partial charge is 0.280 e. The van der Waals surface area contributed by atoms with Crippen LogP contribution in [0.5, 0.6) is 5.75 Å². The number of methoxy groups -OCH3 is 1. The molecule has 2 aromatic heterocycles. The fourth-order valence-electron chi connectivity index (χ4n) is 3.19. The summed E-state index contributed by atoms with van der Waals surface area (Å²) in [4.78, 5) is 38.2. The molecule has 1 amide bonds. The molecular formula is C21H17ClN4O4. The van der Waals surface area contributed by atoms with E-state index >= 15 is 0 Å². The van der Waals surface area contributed by atoms with Crippen LogP contribution in [-0.2, 0) is 0 Å². The van der Waals surface area contributed by atoms with Crippen LogP contribution in [0.3, 0.4) is 0 Å². The Kier molecular flexibility index (Phi) is 4.93. The summed E-state index contributed by atoms with van der Waals surface area (Å²) >= 11 is 5.91. The van der Waals surface area contributed by atoms with Gasteiger partial charge in [0.2, 0.25) is 0 Å². The lowest BCUT2D eigenvalue weighted by Crippen LogP contribution is -2.34. The molecule has 0 atom stereocenters. The number of amides is 1. The zero-order chi connectivity index (χ0) is 21.4. The van der Waals surface area contributed by atoms with Crippen molar-refractivity contribution in [3.05, 3.63) is 91.6 Å². The van der Waals surface area contributed by atoms with Gasteiger partial charge in [-0.05, 0) is 55.5 Å². The van der Waals surface area contributed by atoms with Crippen LogP contribution in [-0.4, -0.2) is 27.5 Å². The molecule has 0 saturated heterocycles. The maximum absolute atomic E-state index is 13.0. The van der Waals surface area contributed by atoms with Crippen molar-refractivity contribution < 1.29 is 9.53 Å². The first-order valence-electron chi connectivity index (χ1n) is 8.98. The van der Waals surface area contributed by atoms with Crippen molar-refractivity contribution in [3.63, 3.8) is 0 Å². The number of halogens is 1. The Labute approximate surface area is 175 Å². The molecule has 9 heteroatoms. The Morgan fingerprint density at radius 1 is 1.07 bits per heavy atom. The topological polar surface area (TPSA) is 98.1 Å². The highest BCUT2D eigenvalue weighted by Crippen LogP contribution is 2.16. The number of aromatic amines is 1. The van der Waals surface area contributed by atoms with Gasteiger partial charge in [0.1, 0.15) is 5.75 Å². The summed E-state index contributed by atoms with van der Waals surface area (Å²) in [5.74, 6) is 0.118. The number of carbonyl (C=O) groups is 1. The zero-order valence-electron chi connectivity index (χ0n) is 16.1. The van der Waals surface area contributed by atoms with Crippen molar-refractivity contribution in [1.29, 1.82) is 0 Å². The first kappa shape index (κ1) is 19.5. The van der Waals surface area contributed by atoms with Gasteiger partial charge >= 0.3 is 0 Å². The fraction of sp³-hybridized carbons (Fsp3) is 0.0952. The van der Waals surface area contributed by atoms with Crippen molar-refractivity contribution in [2.75, 3.05) is 12.5 Å². The maximum Gasteiger partial charge on any atom is 0.280 e. The molecule has 0 aliphatic rings. The van der Waals surface area contributed by atoms with Gasteiger partial charge in [-0.15, -0.1) is 0 Å². The number of carbonyl (C=O) groups excluding carboxylic acids is 1. The van der Waals surface area contributed by atoms with Crippen molar-refractivity contribution in [2.24, 2.45) is 0 Å². The van der Waals surface area contributed by atoms with Gasteiger partial charge in [0.15, 0.2) is 0 Å². The van der Waals surface area contributed by atoms with E-state index in [1.165, 1.54) is 17.9 Å². The largest absolute Gasteiger partial charge is 0.497 e. The fourth-order valence-corrected chi connectivity index (χ4v) is 3.32. The van der Waals surface area contributed by atoms with Crippen LogP contribution in [0.25, 0.3) is 16.6 Å². The van der Waals surface area contributed by atoms with E-state index in [1.54, 1.807) is 55.5 Å². The highest BCUT2D eigenvalue weighted by atomic mass is 35.5. The molecule has 0 aliphatic carbocycles. The Balaban J connectivity index is 1.76. The number of hydrogen-bond acceptors (Lipinski definition) is 4. The van der Waals surface area contributed by atoms with E-state index in [0.717, 1.165) is 4.68 Å². The third-order valence-corrected chi connectivity index (χ3v) is 5.01. The summed E-state index contributed by atoms with van der Waals surface area (Å²) in [5.41, 5.74) is 3.32. The molecule has 2 aromatic carbocycles. The van der Waals surface area contributed by atoms with Gasteiger partial charge in [-0.1, -0.05) is 11.6 Å². The minimum absolute atomic E-state index is 0.291. The molecule has 4 aromatic rings. The Morgan fingerprint density at radius 3 is 2.37 bits per heavy atom. The quantitative estimate of drug-likeness (QED) is 0.526. The monoisotopic (exact) mass is 424 g/mol. The van der Waals surface area contributed by atoms with E-state index in [-0.39, 0.29) is 5.56 Å². The molecule has 2 N–H and O–H groups in total. The molecule has 0 saturated carbocycles. The number of rotatable bonds is 4. The molecule has 0 spiro atoms.